The first-order chi connectivity index (χ1) is 8.02. The number of hydrogen-bond donors (Lipinski definition) is 1. The molecule has 0 heterocycles. The number of carboxylic acids is 1. The van der Waals surface area contributed by atoms with Crippen LogP contribution in [0.5, 0.6) is 0 Å². The van der Waals surface area contributed by atoms with E-state index in [-0.39, 0.29) is 6.04 Å². The van der Waals surface area contributed by atoms with E-state index in [2.05, 4.69) is 18.7 Å². The van der Waals surface area contributed by atoms with Crippen LogP contribution in [-0.2, 0) is 0 Å². The van der Waals surface area contributed by atoms with Crippen LogP contribution in [0.1, 0.15) is 31.1 Å². The molecule has 0 saturated carbocycles. The minimum absolute atomic E-state index is 0.287. The lowest BCUT2D eigenvalue weighted by atomic mass is 10.1. The SMILES string of the molecule is CCN(c1cccc(SC)c1C(=O)O)C(C)C. The maximum Gasteiger partial charge on any atom is 0.338 e. The highest BCUT2D eigenvalue weighted by Crippen LogP contribution is 2.30. The Hall–Kier alpha value is -1.16. The molecule has 0 radical (unpaired) electrons. The van der Waals surface area contributed by atoms with Crippen LogP contribution < -0.4 is 4.90 Å². The minimum Gasteiger partial charge on any atom is -0.478 e. The van der Waals surface area contributed by atoms with Gasteiger partial charge in [-0.2, -0.15) is 0 Å². The van der Waals surface area contributed by atoms with E-state index < -0.39 is 5.97 Å². The summed E-state index contributed by atoms with van der Waals surface area (Å²) in [5.41, 5.74) is 1.22. The number of nitrogens with zero attached hydrogens (tertiary/aromatic N) is 1. The van der Waals surface area contributed by atoms with Gasteiger partial charge in [0.15, 0.2) is 0 Å². The van der Waals surface area contributed by atoms with E-state index in [0.29, 0.717) is 5.56 Å². The first kappa shape index (κ1) is 13.9. The van der Waals surface area contributed by atoms with Gasteiger partial charge in [0.25, 0.3) is 0 Å². The number of thioether (sulfide) groups is 1. The zero-order valence-electron chi connectivity index (χ0n) is 10.7. The smallest absolute Gasteiger partial charge is 0.338 e. The fourth-order valence-electron chi connectivity index (χ4n) is 1.96. The number of anilines is 1. The maximum absolute atomic E-state index is 11.4. The summed E-state index contributed by atoms with van der Waals surface area (Å²) in [7, 11) is 0. The second kappa shape index (κ2) is 5.96. The van der Waals surface area contributed by atoms with E-state index in [1.165, 1.54) is 11.8 Å². The molecule has 0 aliphatic rings. The zero-order valence-corrected chi connectivity index (χ0v) is 11.5. The second-order valence-corrected chi connectivity index (χ2v) is 4.89. The fourth-order valence-corrected chi connectivity index (χ4v) is 2.57. The van der Waals surface area contributed by atoms with Crippen LogP contribution in [0.3, 0.4) is 0 Å². The van der Waals surface area contributed by atoms with E-state index in [1.54, 1.807) is 0 Å². The van der Waals surface area contributed by atoms with Gasteiger partial charge in [0.1, 0.15) is 0 Å². The average molecular weight is 253 g/mol. The third kappa shape index (κ3) is 2.94. The molecule has 0 amide bonds. The molecule has 1 rings (SSSR count). The Morgan fingerprint density at radius 2 is 2.12 bits per heavy atom. The van der Waals surface area contributed by atoms with E-state index in [0.717, 1.165) is 17.1 Å². The van der Waals surface area contributed by atoms with Gasteiger partial charge in [0.2, 0.25) is 0 Å². The van der Waals surface area contributed by atoms with Crippen molar-refractivity contribution in [2.24, 2.45) is 0 Å². The van der Waals surface area contributed by atoms with Gasteiger partial charge in [-0.3, -0.25) is 0 Å². The molecule has 0 aliphatic carbocycles. The average Bonchev–Trinajstić information content (AvgIpc) is 2.28. The highest BCUT2D eigenvalue weighted by molar-refractivity contribution is 7.98. The number of hydrogen-bond acceptors (Lipinski definition) is 3. The Kier molecular flexibility index (Phi) is 4.87. The number of benzene rings is 1. The molecule has 0 saturated heterocycles. The van der Waals surface area contributed by atoms with Gasteiger partial charge in [-0.1, -0.05) is 6.07 Å². The third-order valence-electron chi connectivity index (χ3n) is 2.71. The molecule has 17 heavy (non-hydrogen) atoms. The number of carbonyl (C=O) groups is 1. The molecule has 3 nitrogen and oxygen atoms in total. The van der Waals surface area contributed by atoms with Crippen molar-refractivity contribution in [2.75, 3.05) is 17.7 Å². The molecular weight excluding hydrogens is 234 g/mol. The molecular formula is C13H19NO2S. The van der Waals surface area contributed by atoms with Crippen LogP contribution in [0, 0.1) is 0 Å². The molecule has 0 aromatic heterocycles. The Morgan fingerprint density at radius 3 is 2.53 bits per heavy atom. The van der Waals surface area contributed by atoms with E-state index in [9.17, 15) is 9.90 Å². The highest BCUT2D eigenvalue weighted by Gasteiger charge is 2.20. The predicted molar refractivity (Wildman–Crippen MR) is 73.3 cm³/mol. The van der Waals surface area contributed by atoms with Gasteiger partial charge in [-0.25, -0.2) is 4.79 Å². The summed E-state index contributed by atoms with van der Waals surface area (Å²) < 4.78 is 0. The maximum atomic E-state index is 11.4. The number of aromatic carboxylic acids is 1. The third-order valence-corrected chi connectivity index (χ3v) is 3.49. The van der Waals surface area contributed by atoms with Crippen LogP contribution >= 0.6 is 11.8 Å². The lowest BCUT2D eigenvalue weighted by Crippen LogP contribution is -2.31. The molecule has 94 valence electrons. The Balaban J connectivity index is 3.36. The van der Waals surface area contributed by atoms with Crippen LogP contribution in [-0.4, -0.2) is 29.9 Å². The molecule has 0 bridgehead atoms. The van der Waals surface area contributed by atoms with Crippen molar-refractivity contribution in [3.63, 3.8) is 0 Å². The molecule has 0 atom stereocenters. The molecule has 0 spiro atoms. The van der Waals surface area contributed by atoms with Crippen molar-refractivity contribution in [1.29, 1.82) is 0 Å². The number of rotatable bonds is 5. The molecule has 0 unspecified atom stereocenters. The summed E-state index contributed by atoms with van der Waals surface area (Å²) in [5, 5.41) is 9.36. The van der Waals surface area contributed by atoms with Gasteiger partial charge in [0.05, 0.1) is 11.3 Å². The van der Waals surface area contributed by atoms with Crippen molar-refractivity contribution >= 4 is 23.4 Å². The Labute approximate surface area is 107 Å². The van der Waals surface area contributed by atoms with E-state index >= 15 is 0 Å². The van der Waals surface area contributed by atoms with E-state index in [1.807, 2.05) is 31.4 Å². The van der Waals surface area contributed by atoms with Crippen molar-refractivity contribution in [1.82, 2.24) is 0 Å². The van der Waals surface area contributed by atoms with Gasteiger partial charge in [0, 0.05) is 17.5 Å². The molecule has 1 aromatic rings. The van der Waals surface area contributed by atoms with Crippen molar-refractivity contribution in [3.05, 3.63) is 23.8 Å². The monoisotopic (exact) mass is 253 g/mol. The fraction of sp³-hybridized carbons (Fsp3) is 0.462. The zero-order chi connectivity index (χ0) is 13.0. The summed E-state index contributed by atoms with van der Waals surface area (Å²) in [6.45, 7) is 6.98. The van der Waals surface area contributed by atoms with Crippen LogP contribution in [0.25, 0.3) is 0 Å². The second-order valence-electron chi connectivity index (χ2n) is 4.04. The molecule has 1 N–H and O–H groups in total. The van der Waals surface area contributed by atoms with Gasteiger partial charge >= 0.3 is 5.97 Å². The minimum atomic E-state index is -0.857. The highest BCUT2D eigenvalue weighted by atomic mass is 32.2. The molecule has 4 heteroatoms. The first-order valence-electron chi connectivity index (χ1n) is 5.69. The van der Waals surface area contributed by atoms with Crippen molar-refractivity contribution < 1.29 is 9.90 Å². The quantitative estimate of drug-likeness (QED) is 0.817. The predicted octanol–water partition coefficient (Wildman–Crippen LogP) is 3.34. The Morgan fingerprint density at radius 1 is 1.47 bits per heavy atom. The van der Waals surface area contributed by atoms with Crippen LogP contribution in [0.2, 0.25) is 0 Å². The standard InChI is InChI=1S/C13H19NO2S/c1-5-14(9(2)3)10-7-6-8-11(17-4)12(10)13(15)16/h6-9H,5H2,1-4H3,(H,15,16). The molecule has 0 aliphatic heterocycles. The summed E-state index contributed by atoms with van der Waals surface area (Å²) >= 11 is 1.47. The summed E-state index contributed by atoms with van der Waals surface area (Å²) in [6.07, 6.45) is 1.90. The lowest BCUT2D eigenvalue weighted by Gasteiger charge is -2.29. The largest absolute Gasteiger partial charge is 0.478 e. The van der Waals surface area contributed by atoms with Gasteiger partial charge < -0.3 is 10.0 Å². The van der Waals surface area contributed by atoms with Crippen molar-refractivity contribution in [3.8, 4) is 0 Å². The normalized spacial score (nSPS) is 10.6. The van der Waals surface area contributed by atoms with Gasteiger partial charge in [-0.15, -0.1) is 11.8 Å². The van der Waals surface area contributed by atoms with Crippen molar-refractivity contribution in [2.45, 2.75) is 31.7 Å². The molecule has 1 aromatic carbocycles. The number of carboxylic acid groups (broad SMARTS) is 1. The summed E-state index contributed by atoms with van der Waals surface area (Å²) in [5.74, 6) is -0.857. The summed E-state index contributed by atoms with van der Waals surface area (Å²) in [6, 6.07) is 5.94. The summed E-state index contributed by atoms with van der Waals surface area (Å²) in [4.78, 5) is 14.3. The van der Waals surface area contributed by atoms with Crippen LogP contribution in [0.4, 0.5) is 5.69 Å². The molecule has 0 fully saturated rings. The Bertz CT molecular complexity index is 404. The van der Waals surface area contributed by atoms with E-state index in [4.69, 9.17) is 0 Å². The first-order valence-corrected chi connectivity index (χ1v) is 6.92. The lowest BCUT2D eigenvalue weighted by molar-refractivity contribution is 0.0694. The topological polar surface area (TPSA) is 40.5 Å². The van der Waals surface area contributed by atoms with Crippen LogP contribution in [0.15, 0.2) is 23.1 Å². The van der Waals surface area contributed by atoms with Gasteiger partial charge in [-0.05, 0) is 39.2 Å².